The Hall–Kier alpha value is -0.230. The highest BCUT2D eigenvalue weighted by Crippen LogP contribution is 2.39. The van der Waals surface area contributed by atoms with E-state index in [4.69, 9.17) is 0 Å². The van der Waals surface area contributed by atoms with Crippen molar-refractivity contribution in [2.45, 2.75) is 33.2 Å². The van der Waals surface area contributed by atoms with E-state index >= 15 is 0 Å². The molecule has 1 heterocycles. The molecule has 0 amide bonds. The number of rotatable bonds is 5. The number of hydrogen-bond donors (Lipinski definition) is 1. The normalized spacial score (nSPS) is 12.7. The minimum Gasteiger partial charge on any atom is -0.306 e. The van der Waals surface area contributed by atoms with E-state index in [0.717, 1.165) is 42.8 Å². The van der Waals surface area contributed by atoms with Crippen molar-refractivity contribution in [1.82, 2.24) is 5.32 Å². The maximum absolute atomic E-state index is 14.5. The van der Waals surface area contributed by atoms with Gasteiger partial charge in [-0.2, -0.15) is 0 Å². The van der Waals surface area contributed by atoms with Crippen molar-refractivity contribution < 1.29 is 4.39 Å². The second kappa shape index (κ2) is 7.36. The fourth-order valence-corrected chi connectivity index (χ4v) is 5.40. The SMILES string of the molecule is CCCNC(c1cc(Br)sc1Br)c1c(C)cc(C)cc1F. The summed E-state index contributed by atoms with van der Waals surface area (Å²) in [6.07, 6.45) is 1.01. The molecule has 0 saturated carbocycles. The molecule has 1 nitrogen and oxygen atoms in total. The molecule has 5 heteroatoms. The van der Waals surface area contributed by atoms with Crippen LogP contribution < -0.4 is 5.32 Å². The third-order valence-corrected chi connectivity index (χ3v) is 5.75. The summed E-state index contributed by atoms with van der Waals surface area (Å²) in [5.74, 6) is -0.143. The van der Waals surface area contributed by atoms with Gasteiger partial charge >= 0.3 is 0 Å². The quantitative estimate of drug-likeness (QED) is 0.597. The van der Waals surface area contributed by atoms with Crippen LogP contribution in [-0.4, -0.2) is 6.54 Å². The van der Waals surface area contributed by atoms with E-state index in [1.54, 1.807) is 17.4 Å². The predicted octanol–water partition coefficient (Wildman–Crippen LogP) is 6.12. The largest absolute Gasteiger partial charge is 0.306 e. The fourth-order valence-electron chi connectivity index (χ4n) is 2.50. The lowest BCUT2D eigenvalue weighted by Crippen LogP contribution is -2.25. The van der Waals surface area contributed by atoms with Crippen LogP contribution in [0.4, 0.5) is 4.39 Å². The van der Waals surface area contributed by atoms with Gasteiger partial charge in [0.1, 0.15) is 5.82 Å². The summed E-state index contributed by atoms with van der Waals surface area (Å²) in [6.45, 7) is 6.85. The highest BCUT2D eigenvalue weighted by molar-refractivity contribution is 9.12. The van der Waals surface area contributed by atoms with Gasteiger partial charge < -0.3 is 5.32 Å². The molecule has 2 aromatic rings. The van der Waals surface area contributed by atoms with Crippen molar-refractivity contribution in [1.29, 1.82) is 0 Å². The smallest absolute Gasteiger partial charge is 0.128 e. The van der Waals surface area contributed by atoms with Gasteiger partial charge in [0.2, 0.25) is 0 Å². The summed E-state index contributed by atoms with van der Waals surface area (Å²) in [7, 11) is 0. The standard InChI is InChI=1S/C16H18Br2FNS/c1-4-5-20-15(11-8-13(17)21-16(11)18)14-10(3)6-9(2)7-12(14)19/h6-8,15,20H,4-5H2,1-3H3. The molecule has 0 fully saturated rings. The molecule has 0 bridgehead atoms. The lowest BCUT2D eigenvalue weighted by atomic mass is 9.94. The second-order valence-corrected chi connectivity index (χ2v) is 8.89. The molecule has 21 heavy (non-hydrogen) atoms. The Morgan fingerprint density at radius 3 is 2.48 bits per heavy atom. The average Bonchev–Trinajstić information content (AvgIpc) is 2.71. The molecular formula is C16H18Br2FNS. The lowest BCUT2D eigenvalue weighted by molar-refractivity contribution is 0.543. The van der Waals surface area contributed by atoms with Crippen molar-refractivity contribution in [3.63, 3.8) is 0 Å². The Morgan fingerprint density at radius 2 is 1.95 bits per heavy atom. The molecule has 0 aliphatic carbocycles. The van der Waals surface area contributed by atoms with Crippen molar-refractivity contribution >= 4 is 43.2 Å². The summed E-state index contributed by atoms with van der Waals surface area (Å²) in [5, 5.41) is 3.47. The zero-order chi connectivity index (χ0) is 15.6. The van der Waals surface area contributed by atoms with Gasteiger partial charge in [0.05, 0.1) is 13.6 Å². The first-order valence-electron chi connectivity index (χ1n) is 6.88. The zero-order valence-corrected chi connectivity index (χ0v) is 16.3. The number of aryl methyl sites for hydroxylation is 2. The van der Waals surface area contributed by atoms with Gasteiger partial charge in [0.25, 0.3) is 0 Å². The Bertz CT molecular complexity index is 616. The van der Waals surface area contributed by atoms with E-state index in [-0.39, 0.29) is 11.9 Å². The van der Waals surface area contributed by atoms with Crippen LogP contribution in [0.15, 0.2) is 25.8 Å². The van der Waals surface area contributed by atoms with E-state index in [1.165, 1.54) is 0 Å². The molecule has 0 aliphatic heterocycles. The third-order valence-electron chi connectivity index (χ3n) is 3.36. The predicted molar refractivity (Wildman–Crippen MR) is 95.7 cm³/mol. The first-order valence-corrected chi connectivity index (χ1v) is 9.29. The highest BCUT2D eigenvalue weighted by Gasteiger charge is 2.23. The summed E-state index contributed by atoms with van der Waals surface area (Å²) < 4.78 is 16.6. The van der Waals surface area contributed by atoms with Gasteiger partial charge in [0.15, 0.2) is 0 Å². The molecule has 0 aliphatic rings. The summed E-state index contributed by atoms with van der Waals surface area (Å²) in [5.41, 5.74) is 3.75. The van der Waals surface area contributed by atoms with Crippen LogP contribution in [0.3, 0.4) is 0 Å². The van der Waals surface area contributed by atoms with E-state index < -0.39 is 0 Å². The molecule has 1 atom stereocenters. The van der Waals surface area contributed by atoms with Gasteiger partial charge in [-0.1, -0.05) is 13.0 Å². The van der Waals surface area contributed by atoms with Gasteiger partial charge in [-0.3, -0.25) is 0 Å². The Morgan fingerprint density at radius 1 is 1.24 bits per heavy atom. The van der Waals surface area contributed by atoms with Gasteiger partial charge in [-0.15, -0.1) is 11.3 Å². The molecule has 0 saturated heterocycles. The van der Waals surface area contributed by atoms with Gasteiger partial charge in [-0.05, 0) is 87.5 Å². The van der Waals surface area contributed by atoms with E-state index in [2.05, 4.69) is 50.2 Å². The summed E-state index contributed by atoms with van der Waals surface area (Å²) >= 11 is 8.72. The topological polar surface area (TPSA) is 12.0 Å². The molecular weight excluding hydrogens is 417 g/mol. The van der Waals surface area contributed by atoms with Crippen molar-refractivity contribution in [3.8, 4) is 0 Å². The summed E-state index contributed by atoms with van der Waals surface area (Å²) in [4.78, 5) is 0. The fraction of sp³-hybridized carbons (Fsp3) is 0.375. The minimum atomic E-state index is -0.143. The Balaban J connectivity index is 2.53. The third kappa shape index (κ3) is 3.95. The van der Waals surface area contributed by atoms with E-state index in [1.807, 2.05) is 19.9 Å². The Kier molecular flexibility index (Phi) is 6.00. The first kappa shape index (κ1) is 17.1. The van der Waals surface area contributed by atoms with Crippen LogP contribution in [0.1, 0.15) is 41.6 Å². The molecule has 1 N–H and O–H groups in total. The van der Waals surface area contributed by atoms with E-state index in [0.29, 0.717) is 0 Å². The first-order chi connectivity index (χ1) is 9.93. The number of nitrogens with one attached hydrogen (secondary N) is 1. The Labute approximate surface area is 146 Å². The van der Waals surface area contributed by atoms with Crippen molar-refractivity contribution in [2.24, 2.45) is 0 Å². The number of thiophene rings is 1. The number of hydrogen-bond acceptors (Lipinski definition) is 2. The minimum absolute atomic E-state index is 0.137. The van der Waals surface area contributed by atoms with Crippen LogP contribution in [0, 0.1) is 19.7 Å². The van der Waals surface area contributed by atoms with E-state index in [9.17, 15) is 4.39 Å². The van der Waals surface area contributed by atoms with Crippen LogP contribution in [0.5, 0.6) is 0 Å². The molecule has 0 radical (unpaired) electrons. The molecule has 114 valence electrons. The number of benzene rings is 1. The molecule has 2 rings (SSSR count). The lowest BCUT2D eigenvalue weighted by Gasteiger charge is -2.22. The van der Waals surface area contributed by atoms with Crippen LogP contribution in [-0.2, 0) is 0 Å². The van der Waals surface area contributed by atoms with Crippen molar-refractivity contribution in [3.05, 3.63) is 53.8 Å². The monoisotopic (exact) mass is 433 g/mol. The molecule has 1 aromatic heterocycles. The average molecular weight is 435 g/mol. The maximum Gasteiger partial charge on any atom is 0.128 e. The van der Waals surface area contributed by atoms with Crippen LogP contribution >= 0.6 is 43.2 Å². The van der Waals surface area contributed by atoms with Crippen LogP contribution in [0.25, 0.3) is 0 Å². The summed E-state index contributed by atoms with van der Waals surface area (Å²) in [6, 6.07) is 5.57. The molecule has 1 aromatic carbocycles. The highest BCUT2D eigenvalue weighted by atomic mass is 79.9. The van der Waals surface area contributed by atoms with Crippen LogP contribution in [0.2, 0.25) is 0 Å². The van der Waals surface area contributed by atoms with Gasteiger partial charge in [-0.25, -0.2) is 4.39 Å². The number of halogens is 3. The molecule has 0 spiro atoms. The second-order valence-electron chi connectivity index (χ2n) is 5.14. The molecule has 1 unspecified atom stereocenters. The van der Waals surface area contributed by atoms with Gasteiger partial charge in [0, 0.05) is 5.56 Å². The van der Waals surface area contributed by atoms with Crippen molar-refractivity contribution in [2.75, 3.05) is 6.54 Å². The zero-order valence-electron chi connectivity index (χ0n) is 12.3. The maximum atomic E-state index is 14.5.